The number of nitrogens with two attached hydrogens (primary N) is 1. The number of rotatable bonds is 3. The molecule has 0 bridgehead atoms. The zero-order valence-corrected chi connectivity index (χ0v) is 10.9. The number of sulfonamides is 1. The normalized spacial score (nSPS) is 11.3. The Hall–Kier alpha value is -2.15. The monoisotopic (exact) mass is 281 g/mol. The van der Waals surface area contributed by atoms with E-state index in [2.05, 4.69) is 4.98 Å². The van der Waals surface area contributed by atoms with Gasteiger partial charge in [-0.1, -0.05) is 0 Å². The minimum absolute atomic E-state index is 0.00214. The zero-order chi connectivity index (χ0) is 14.0. The molecule has 0 atom stereocenters. The summed E-state index contributed by atoms with van der Waals surface area (Å²) in [5, 5.41) is 0. The second-order valence-electron chi connectivity index (χ2n) is 3.86. The van der Waals surface area contributed by atoms with Crippen LogP contribution >= 0.6 is 0 Å². The van der Waals surface area contributed by atoms with Gasteiger partial charge in [-0.25, -0.2) is 12.8 Å². The Bertz CT molecular complexity index is 689. The number of hydrogen-bond acceptors (Lipinski definition) is 4. The smallest absolute Gasteiger partial charge is 0.266 e. The maximum Gasteiger partial charge on any atom is 0.266 e. The van der Waals surface area contributed by atoms with Crippen LogP contribution in [0.1, 0.15) is 0 Å². The molecule has 5 nitrogen and oxygen atoms in total. The SMILES string of the molecule is CN(c1ccncc1)S(=O)(=O)c1cc(F)ccc1N. The van der Waals surface area contributed by atoms with Crippen LogP contribution in [0.5, 0.6) is 0 Å². The fourth-order valence-electron chi connectivity index (χ4n) is 1.57. The van der Waals surface area contributed by atoms with Crippen molar-refractivity contribution < 1.29 is 12.8 Å². The van der Waals surface area contributed by atoms with Crippen molar-refractivity contribution in [2.75, 3.05) is 17.1 Å². The maximum atomic E-state index is 13.2. The van der Waals surface area contributed by atoms with Gasteiger partial charge in [0.15, 0.2) is 0 Å². The summed E-state index contributed by atoms with van der Waals surface area (Å²) in [6.07, 6.45) is 2.94. The summed E-state index contributed by atoms with van der Waals surface area (Å²) in [7, 11) is -2.53. The van der Waals surface area contributed by atoms with Crippen molar-refractivity contribution in [1.82, 2.24) is 4.98 Å². The largest absolute Gasteiger partial charge is 0.398 e. The minimum Gasteiger partial charge on any atom is -0.398 e. The maximum absolute atomic E-state index is 13.2. The molecule has 1 aromatic heterocycles. The molecule has 0 radical (unpaired) electrons. The molecule has 0 aliphatic carbocycles. The van der Waals surface area contributed by atoms with E-state index in [-0.39, 0.29) is 10.6 Å². The molecule has 19 heavy (non-hydrogen) atoms. The van der Waals surface area contributed by atoms with Crippen molar-refractivity contribution in [2.45, 2.75) is 4.90 Å². The van der Waals surface area contributed by atoms with Crippen LogP contribution in [0, 0.1) is 5.82 Å². The molecule has 100 valence electrons. The number of nitrogens with zero attached hydrogens (tertiary/aromatic N) is 2. The second-order valence-corrected chi connectivity index (χ2v) is 5.80. The van der Waals surface area contributed by atoms with Gasteiger partial charge in [-0.3, -0.25) is 9.29 Å². The number of benzene rings is 1. The fraction of sp³-hybridized carbons (Fsp3) is 0.0833. The van der Waals surface area contributed by atoms with Crippen LogP contribution in [0.2, 0.25) is 0 Å². The Morgan fingerprint density at radius 1 is 1.21 bits per heavy atom. The van der Waals surface area contributed by atoms with E-state index < -0.39 is 15.8 Å². The third-order valence-electron chi connectivity index (χ3n) is 2.64. The highest BCUT2D eigenvalue weighted by Crippen LogP contribution is 2.25. The van der Waals surface area contributed by atoms with Crippen LogP contribution < -0.4 is 10.0 Å². The van der Waals surface area contributed by atoms with Crippen LogP contribution in [0.15, 0.2) is 47.6 Å². The van der Waals surface area contributed by atoms with Crippen LogP contribution in [0.25, 0.3) is 0 Å². The third-order valence-corrected chi connectivity index (χ3v) is 4.48. The van der Waals surface area contributed by atoms with E-state index in [0.717, 1.165) is 16.4 Å². The summed E-state index contributed by atoms with van der Waals surface area (Å²) in [4.78, 5) is 3.55. The van der Waals surface area contributed by atoms with E-state index in [1.54, 1.807) is 0 Å². The first-order valence-corrected chi connectivity index (χ1v) is 6.81. The highest BCUT2D eigenvalue weighted by molar-refractivity contribution is 7.93. The Balaban J connectivity index is 2.51. The lowest BCUT2D eigenvalue weighted by atomic mass is 10.3. The third kappa shape index (κ3) is 2.50. The molecule has 0 saturated heterocycles. The lowest BCUT2D eigenvalue weighted by Gasteiger charge is -2.20. The van der Waals surface area contributed by atoms with Gasteiger partial charge >= 0.3 is 0 Å². The van der Waals surface area contributed by atoms with Crippen molar-refractivity contribution in [3.63, 3.8) is 0 Å². The quantitative estimate of drug-likeness (QED) is 0.867. The standard InChI is InChI=1S/C12H12FN3O2S/c1-16(10-4-6-15-7-5-10)19(17,18)12-8-9(13)2-3-11(12)14/h2-8H,14H2,1H3. The van der Waals surface area contributed by atoms with Crippen molar-refractivity contribution in [1.29, 1.82) is 0 Å². The van der Waals surface area contributed by atoms with Crippen molar-refractivity contribution in [2.24, 2.45) is 0 Å². The van der Waals surface area contributed by atoms with E-state index in [4.69, 9.17) is 5.73 Å². The first-order valence-electron chi connectivity index (χ1n) is 5.37. The molecule has 1 aromatic carbocycles. The average Bonchev–Trinajstić information content (AvgIpc) is 2.41. The van der Waals surface area contributed by atoms with Gasteiger partial charge in [0.1, 0.15) is 10.7 Å². The zero-order valence-electron chi connectivity index (χ0n) is 10.1. The number of pyridine rings is 1. The molecule has 2 aromatic rings. The number of anilines is 2. The Labute approximate surface area is 110 Å². The van der Waals surface area contributed by atoms with Gasteiger partial charge in [-0.05, 0) is 30.3 Å². The molecule has 0 aliphatic heterocycles. The van der Waals surface area contributed by atoms with Crippen LogP contribution in [0.3, 0.4) is 0 Å². The summed E-state index contributed by atoms with van der Waals surface area (Å²) >= 11 is 0. The molecular weight excluding hydrogens is 269 g/mol. The summed E-state index contributed by atoms with van der Waals surface area (Å²) in [5.74, 6) is -0.657. The van der Waals surface area contributed by atoms with E-state index >= 15 is 0 Å². The molecule has 7 heteroatoms. The van der Waals surface area contributed by atoms with E-state index in [0.29, 0.717) is 5.69 Å². The lowest BCUT2D eigenvalue weighted by Crippen LogP contribution is -2.27. The average molecular weight is 281 g/mol. The first kappa shape index (κ1) is 13.3. The van der Waals surface area contributed by atoms with Crippen molar-refractivity contribution in [3.8, 4) is 0 Å². The Kier molecular flexibility index (Phi) is 3.39. The minimum atomic E-state index is -3.90. The van der Waals surface area contributed by atoms with E-state index in [1.807, 2.05) is 0 Å². The van der Waals surface area contributed by atoms with Gasteiger partial charge in [0.2, 0.25) is 0 Å². The predicted molar refractivity (Wildman–Crippen MR) is 70.6 cm³/mol. The van der Waals surface area contributed by atoms with Crippen LogP contribution in [0.4, 0.5) is 15.8 Å². The highest BCUT2D eigenvalue weighted by Gasteiger charge is 2.24. The van der Waals surface area contributed by atoms with Crippen molar-refractivity contribution >= 4 is 21.4 Å². The topological polar surface area (TPSA) is 76.3 Å². The molecule has 0 amide bonds. The molecular formula is C12H12FN3O2S. The Morgan fingerprint density at radius 3 is 2.47 bits per heavy atom. The fourth-order valence-corrected chi connectivity index (χ4v) is 2.89. The van der Waals surface area contributed by atoms with Gasteiger partial charge in [-0.2, -0.15) is 0 Å². The molecule has 1 heterocycles. The summed E-state index contributed by atoms with van der Waals surface area (Å²) in [6.45, 7) is 0. The first-order chi connectivity index (χ1) is 8.93. The van der Waals surface area contributed by atoms with Gasteiger partial charge in [-0.15, -0.1) is 0 Å². The van der Waals surface area contributed by atoms with Crippen molar-refractivity contribution in [3.05, 3.63) is 48.5 Å². The highest BCUT2D eigenvalue weighted by atomic mass is 32.2. The van der Waals surface area contributed by atoms with Gasteiger partial charge in [0.05, 0.1) is 11.4 Å². The van der Waals surface area contributed by atoms with Crippen LogP contribution in [-0.4, -0.2) is 20.4 Å². The number of hydrogen-bond donors (Lipinski definition) is 1. The molecule has 0 fully saturated rings. The summed E-state index contributed by atoms with van der Waals surface area (Å²) < 4.78 is 39.0. The second kappa shape index (κ2) is 4.85. The Morgan fingerprint density at radius 2 is 1.84 bits per heavy atom. The van der Waals surface area contributed by atoms with Gasteiger partial charge in [0, 0.05) is 19.4 Å². The molecule has 2 rings (SSSR count). The predicted octanol–water partition coefficient (Wildman–Crippen LogP) is 1.63. The lowest BCUT2D eigenvalue weighted by molar-refractivity contribution is 0.590. The number of halogens is 1. The van der Waals surface area contributed by atoms with Gasteiger partial charge < -0.3 is 5.73 Å². The summed E-state index contributed by atoms with van der Waals surface area (Å²) in [6, 6.07) is 6.31. The summed E-state index contributed by atoms with van der Waals surface area (Å²) in [5.41, 5.74) is 6.02. The van der Waals surface area contributed by atoms with E-state index in [9.17, 15) is 12.8 Å². The molecule has 0 saturated carbocycles. The molecule has 0 unspecified atom stereocenters. The number of nitrogen functional groups attached to an aromatic ring is 1. The molecule has 2 N–H and O–H groups in total. The molecule has 0 spiro atoms. The van der Waals surface area contributed by atoms with Gasteiger partial charge in [0.25, 0.3) is 10.0 Å². The number of aromatic nitrogens is 1. The molecule has 0 aliphatic rings. The van der Waals surface area contributed by atoms with Crippen LogP contribution in [-0.2, 0) is 10.0 Å². The van der Waals surface area contributed by atoms with E-state index in [1.165, 1.54) is 37.6 Å².